The Morgan fingerprint density at radius 3 is 2.52 bits per heavy atom. The standard InChI is InChI=1S/C19H32N2/c1-4-16(5-2)14-21(6-3)19(15-20)13-9-11-17-10-7-8-12-18(17)19/h7-8,10,12,16H,4-6,9,11,13-15,20H2,1-3H3. The number of benzene rings is 1. The highest BCUT2D eigenvalue weighted by Gasteiger charge is 2.40. The molecule has 0 saturated heterocycles. The van der Waals surface area contributed by atoms with Gasteiger partial charge in [-0.25, -0.2) is 0 Å². The zero-order valence-electron chi connectivity index (χ0n) is 14.1. The normalized spacial score (nSPS) is 21.8. The fourth-order valence-electron chi connectivity index (χ4n) is 4.03. The molecular formula is C19H32N2. The van der Waals surface area contributed by atoms with E-state index in [1.807, 2.05) is 0 Å². The van der Waals surface area contributed by atoms with Gasteiger partial charge in [-0.3, -0.25) is 4.90 Å². The first-order valence-corrected chi connectivity index (χ1v) is 8.75. The van der Waals surface area contributed by atoms with Gasteiger partial charge in [-0.15, -0.1) is 0 Å². The highest BCUT2D eigenvalue weighted by Crippen LogP contribution is 2.40. The van der Waals surface area contributed by atoms with E-state index in [1.54, 1.807) is 0 Å². The van der Waals surface area contributed by atoms with Crippen LogP contribution in [0.2, 0.25) is 0 Å². The van der Waals surface area contributed by atoms with Crippen LogP contribution in [0.5, 0.6) is 0 Å². The zero-order chi connectivity index (χ0) is 15.3. The van der Waals surface area contributed by atoms with Gasteiger partial charge < -0.3 is 5.73 Å². The van der Waals surface area contributed by atoms with Gasteiger partial charge in [0.2, 0.25) is 0 Å². The fraction of sp³-hybridized carbons (Fsp3) is 0.684. The van der Waals surface area contributed by atoms with Gasteiger partial charge in [0.1, 0.15) is 0 Å². The van der Waals surface area contributed by atoms with E-state index in [9.17, 15) is 0 Å². The maximum Gasteiger partial charge on any atom is 0.0586 e. The van der Waals surface area contributed by atoms with E-state index < -0.39 is 0 Å². The summed E-state index contributed by atoms with van der Waals surface area (Å²) in [5.41, 5.74) is 9.41. The molecule has 2 heteroatoms. The predicted molar refractivity (Wildman–Crippen MR) is 91.4 cm³/mol. The minimum atomic E-state index is 0.0617. The van der Waals surface area contributed by atoms with Crippen molar-refractivity contribution in [1.82, 2.24) is 4.90 Å². The van der Waals surface area contributed by atoms with Crippen LogP contribution in [0.3, 0.4) is 0 Å². The van der Waals surface area contributed by atoms with Gasteiger partial charge in [0, 0.05) is 13.1 Å². The average Bonchev–Trinajstić information content (AvgIpc) is 2.55. The van der Waals surface area contributed by atoms with E-state index in [0.717, 1.165) is 19.0 Å². The van der Waals surface area contributed by atoms with Gasteiger partial charge in [-0.2, -0.15) is 0 Å². The summed E-state index contributed by atoms with van der Waals surface area (Å²) in [5.74, 6) is 0.780. The van der Waals surface area contributed by atoms with Crippen molar-refractivity contribution in [2.75, 3.05) is 19.6 Å². The number of nitrogens with zero attached hydrogens (tertiary/aromatic N) is 1. The monoisotopic (exact) mass is 288 g/mol. The van der Waals surface area contributed by atoms with Gasteiger partial charge in [-0.05, 0) is 42.9 Å². The van der Waals surface area contributed by atoms with Crippen LogP contribution < -0.4 is 5.73 Å². The van der Waals surface area contributed by atoms with Crippen molar-refractivity contribution in [3.05, 3.63) is 35.4 Å². The van der Waals surface area contributed by atoms with Gasteiger partial charge >= 0.3 is 0 Å². The maximum absolute atomic E-state index is 6.35. The van der Waals surface area contributed by atoms with Crippen molar-refractivity contribution >= 4 is 0 Å². The molecule has 0 bridgehead atoms. The van der Waals surface area contributed by atoms with Crippen molar-refractivity contribution in [1.29, 1.82) is 0 Å². The molecule has 1 aromatic rings. The number of hydrogen-bond acceptors (Lipinski definition) is 2. The Balaban J connectivity index is 2.36. The van der Waals surface area contributed by atoms with Crippen molar-refractivity contribution in [3.63, 3.8) is 0 Å². The van der Waals surface area contributed by atoms with Crippen LogP contribution >= 0.6 is 0 Å². The van der Waals surface area contributed by atoms with Crippen LogP contribution in [-0.2, 0) is 12.0 Å². The first-order valence-electron chi connectivity index (χ1n) is 8.75. The molecular weight excluding hydrogens is 256 g/mol. The second-order valence-corrected chi connectivity index (χ2v) is 6.47. The largest absolute Gasteiger partial charge is 0.328 e. The number of hydrogen-bond donors (Lipinski definition) is 1. The molecule has 0 aromatic heterocycles. The lowest BCUT2D eigenvalue weighted by Gasteiger charge is -2.48. The third kappa shape index (κ3) is 3.17. The highest BCUT2D eigenvalue weighted by atomic mass is 15.2. The summed E-state index contributed by atoms with van der Waals surface area (Å²) in [6, 6.07) is 8.96. The van der Waals surface area contributed by atoms with Crippen molar-refractivity contribution in [3.8, 4) is 0 Å². The van der Waals surface area contributed by atoms with E-state index in [-0.39, 0.29) is 5.54 Å². The van der Waals surface area contributed by atoms with Crippen molar-refractivity contribution < 1.29 is 0 Å². The van der Waals surface area contributed by atoms with E-state index in [2.05, 4.69) is 49.9 Å². The highest BCUT2D eigenvalue weighted by molar-refractivity contribution is 5.36. The van der Waals surface area contributed by atoms with Crippen LogP contribution in [0.1, 0.15) is 57.6 Å². The summed E-state index contributed by atoms with van der Waals surface area (Å²) >= 11 is 0. The Morgan fingerprint density at radius 2 is 1.90 bits per heavy atom. The Morgan fingerprint density at radius 1 is 1.19 bits per heavy atom. The molecule has 21 heavy (non-hydrogen) atoms. The van der Waals surface area contributed by atoms with Crippen LogP contribution in [0.4, 0.5) is 0 Å². The van der Waals surface area contributed by atoms with Gasteiger partial charge in [-0.1, -0.05) is 57.9 Å². The molecule has 0 saturated carbocycles. The second-order valence-electron chi connectivity index (χ2n) is 6.47. The summed E-state index contributed by atoms with van der Waals surface area (Å²) in [5, 5.41) is 0. The number of aryl methyl sites for hydroxylation is 1. The number of likely N-dealkylation sites (N-methyl/N-ethyl adjacent to an activating group) is 1. The molecule has 2 nitrogen and oxygen atoms in total. The Kier molecular flexibility index (Phi) is 5.83. The number of nitrogens with two attached hydrogens (primary N) is 1. The van der Waals surface area contributed by atoms with E-state index >= 15 is 0 Å². The third-order valence-corrected chi connectivity index (χ3v) is 5.51. The fourth-order valence-corrected chi connectivity index (χ4v) is 4.03. The summed E-state index contributed by atoms with van der Waals surface area (Å²) in [7, 11) is 0. The molecule has 1 aliphatic carbocycles. The van der Waals surface area contributed by atoms with Crippen LogP contribution in [0.15, 0.2) is 24.3 Å². The molecule has 0 aliphatic heterocycles. The predicted octanol–water partition coefficient (Wildman–Crippen LogP) is 3.94. The van der Waals surface area contributed by atoms with Gasteiger partial charge in [0.25, 0.3) is 0 Å². The lowest BCUT2D eigenvalue weighted by atomic mass is 9.74. The zero-order valence-corrected chi connectivity index (χ0v) is 14.1. The molecule has 1 atom stereocenters. The molecule has 0 amide bonds. The molecule has 1 aromatic carbocycles. The Labute approximate surface area is 130 Å². The lowest BCUT2D eigenvalue weighted by molar-refractivity contribution is 0.0608. The Hall–Kier alpha value is -0.860. The van der Waals surface area contributed by atoms with Crippen LogP contribution in [0.25, 0.3) is 0 Å². The first kappa shape index (κ1) is 16.5. The number of fused-ring (bicyclic) bond motifs is 1. The van der Waals surface area contributed by atoms with E-state index in [4.69, 9.17) is 5.73 Å². The number of rotatable bonds is 7. The summed E-state index contributed by atoms with van der Waals surface area (Å²) in [6.45, 7) is 9.91. The molecule has 1 aliphatic rings. The average molecular weight is 288 g/mol. The second kappa shape index (κ2) is 7.42. The SMILES string of the molecule is CCC(CC)CN(CC)C1(CN)CCCc2ccccc21. The van der Waals surface area contributed by atoms with Gasteiger partial charge in [0.15, 0.2) is 0 Å². The van der Waals surface area contributed by atoms with Crippen molar-refractivity contribution in [2.45, 2.75) is 58.4 Å². The molecule has 118 valence electrons. The summed E-state index contributed by atoms with van der Waals surface area (Å²) < 4.78 is 0. The van der Waals surface area contributed by atoms with Crippen LogP contribution in [0, 0.1) is 5.92 Å². The first-order chi connectivity index (χ1) is 10.2. The molecule has 1 unspecified atom stereocenters. The lowest BCUT2D eigenvalue weighted by Crippen LogP contribution is -2.54. The summed E-state index contributed by atoms with van der Waals surface area (Å²) in [6.07, 6.45) is 6.19. The van der Waals surface area contributed by atoms with Gasteiger partial charge in [0.05, 0.1) is 5.54 Å². The molecule has 0 fully saturated rings. The quantitative estimate of drug-likeness (QED) is 0.823. The van der Waals surface area contributed by atoms with E-state index in [1.165, 1.54) is 49.8 Å². The molecule has 0 heterocycles. The molecule has 2 rings (SSSR count). The van der Waals surface area contributed by atoms with Crippen molar-refractivity contribution in [2.24, 2.45) is 11.7 Å². The Bertz CT molecular complexity index is 439. The van der Waals surface area contributed by atoms with Crippen LogP contribution in [-0.4, -0.2) is 24.5 Å². The maximum atomic E-state index is 6.35. The smallest absolute Gasteiger partial charge is 0.0586 e. The molecule has 0 radical (unpaired) electrons. The molecule has 2 N–H and O–H groups in total. The summed E-state index contributed by atoms with van der Waals surface area (Å²) in [4.78, 5) is 2.67. The minimum Gasteiger partial charge on any atom is -0.328 e. The van der Waals surface area contributed by atoms with E-state index in [0.29, 0.717) is 0 Å². The molecule has 0 spiro atoms. The third-order valence-electron chi connectivity index (χ3n) is 5.51. The topological polar surface area (TPSA) is 29.3 Å². The minimum absolute atomic E-state index is 0.0617.